The normalized spacial score (nSPS) is 19.8. The van der Waals surface area contributed by atoms with Gasteiger partial charge in [-0.1, -0.05) is 25.0 Å². The van der Waals surface area contributed by atoms with Gasteiger partial charge in [0.1, 0.15) is 11.4 Å². The lowest BCUT2D eigenvalue weighted by atomic mass is 9.98. The van der Waals surface area contributed by atoms with Crippen molar-refractivity contribution in [3.05, 3.63) is 29.8 Å². The summed E-state index contributed by atoms with van der Waals surface area (Å²) in [4.78, 5) is 2.66. The summed E-state index contributed by atoms with van der Waals surface area (Å²) in [7, 11) is 0. The van der Waals surface area contributed by atoms with Gasteiger partial charge in [0, 0.05) is 32.2 Å². The molecule has 1 N–H and O–H groups in total. The second-order valence-corrected chi connectivity index (χ2v) is 7.76. The highest BCUT2D eigenvalue weighted by molar-refractivity contribution is 5.85. The van der Waals surface area contributed by atoms with Gasteiger partial charge >= 0.3 is 0 Å². The number of nitrogens with zero attached hydrogens (tertiary/aromatic N) is 1. The second kappa shape index (κ2) is 9.28. The van der Waals surface area contributed by atoms with Gasteiger partial charge in [0.05, 0.1) is 0 Å². The number of benzene rings is 1. The van der Waals surface area contributed by atoms with E-state index in [0.29, 0.717) is 6.04 Å². The van der Waals surface area contributed by atoms with Gasteiger partial charge < -0.3 is 10.1 Å². The minimum absolute atomic E-state index is 0. The summed E-state index contributed by atoms with van der Waals surface area (Å²) in [5, 5.41) is 3.46. The zero-order chi connectivity index (χ0) is 15.6. The van der Waals surface area contributed by atoms with Crippen LogP contribution in [0.4, 0.5) is 0 Å². The Balaban J connectivity index is 0.00000144. The van der Waals surface area contributed by atoms with Crippen LogP contribution in [0.15, 0.2) is 24.3 Å². The molecule has 0 radical (unpaired) electrons. The minimum Gasteiger partial charge on any atom is -0.488 e. The summed E-state index contributed by atoms with van der Waals surface area (Å²) in [6.45, 7) is 10.8. The van der Waals surface area contributed by atoms with Crippen molar-refractivity contribution in [2.24, 2.45) is 5.92 Å². The Morgan fingerprint density at radius 3 is 2.17 bits per heavy atom. The van der Waals surface area contributed by atoms with Crippen LogP contribution in [0.2, 0.25) is 0 Å². The van der Waals surface area contributed by atoms with Gasteiger partial charge in [-0.05, 0) is 50.8 Å². The van der Waals surface area contributed by atoms with Crippen LogP contribution in [0.25, 0.3) is 0 Å². The van der Waals surface area contributed by atoms with E-state index in [1.807, 2.05) is 0 Å². The van der Waals surface area contributed by atoms with Crippen molar-refractivity contribution in [3.8, 4) is 5.75 Å². The van der Waals surface area contributed by atoms with Crippen molar-refractivity contribution >= 4 is 24.8 Å². The van der Waals surface area contributed by atoms with Crippen molar-refractivity contribution in [1.82, 2.24) is 10.2 Å². The molecule has 24 heavy (non-hydrogen) atoms. The molecule has 2 aliphatic rings. The van der Waals surface area contributed by atoms with Crippen molar-refractivity contribution in [3.63, 3.8) is 0 Å². The highest BCUT2D eigenvalue weighted by Crippen LogP contribution is 2.40. The fourth-order valence-electron chi connectivity index (χ4n) is 3.27. The van der Waals surface area contributed by atoms with Gasteiger partial charge in [-0.25, -0.2) is 0 Å². The van der Waals surface area contributed by atoms with E-state index in [1.165, 1.54) is 24.8 Å². The Labute approximate surface area is 159 Å². The largest absolute Gasteiger partial charge is 0.488 e. The molecule has 0 bridgehead atoms. The molecular weight excluding hydrogens is 343 g/mol. The number of piperazine rings is 1. The van der Waals surface area contributed by atoms with Crippen molar-refractivity contribution < 1.29 is 4.74 Å². The maximum absolute atomic E-state index is 5.95. The molecule has 1 atom stereocenters. The SMILES string of the molecule is CC(C)(C)Oc1ccc([C@@H](CC2CC2)N2CCNCC2)cc1.Cl.Cl. The smallest absolute Gasteiger partial charge is 0.120 e. The third-order valence-electron chi connectivity index (χ3n) is 4.53. The average Bonchev–Trinajstić information content (AvgIpc) is 3.29. The first kappa shape index (κ1) is 21.6. The molecule has 1 saturated heterocycles. The summed E-state index contributed by atoms with van der Waals surface area (Å²) in [6, 6.07) is 9.41. The van der Waals surface area contributed by atoms with Crippen LogP contribution < -0.4 is 10.1 Å². The molecule has 1 aliphatic heterocycles. The molecule has 1 aromatic carbocycles. The quantitative estimate of drug-likeness (QED) is 0.823. The number of nitrogens with one attached hydrogen (secondary N) is 1. The molecule has 1 aliphatic carbocycles. The zero-order valence-corrected chi connectivity index (χ0v) is 16.7. The highest BCUT2D eigenvalue weighted by Gasteiger charge is 2.30. The molecule has 2 fully saturated rings. The first-order chi connectivity index (χ1) is 10.5. The molecule has 0 spiro atoms. The molecule has 0 unspecified atom stereocenters. The molecule has 3 nitrogen and oxygen atoms in total. The number of halogens is 2. The number of rotatable bonds is 5. The molecule has 3 rings (SSSR count). The lowest BCUT2D eigenvalue weighted by molar-refractivity contribution is 0.130. The third kappa shape index (κ3) is 6.44. The maximum Gasteiger partial charge on any atom is 0.120 e. The Hall–Kier alpha value is -0.480. The van der Waals surface area contributed by atoms with E-state index < -0.39 is 0 Å². The maximum atomic E-state index is 5.95. The topological polar surface area (TPSA) is 24.5 Å². The van der Waals surface area contributed by atoms with E-state index in [1.54, 1.807) is 0 Å². The van der Waals surface area contributed by atoms with E-state index in [4.69, 9.17) is 4.74 Å². The summed E-state index contributed by atoms with van der Waals surface area (Å²) in [5.74, 6) is 1.92. The lowest BCUT2D eigenvalue weighted by Crippen LogP contribution is -2.45. The first-order valence-electron chi connectivity index (χ1n) is 8.75. The Morgan fingerprint density at radius 1 is 1.08 bits per heavy atom. The number of ether oxygens (including phenoxy) is 1. The van der Waals surface area contributed by atoms with Gasteiger partial charge in [-0.3, -0.25) is 4.90 Å². The molecule has 0 amide bonds. The van der Waals surface area contributed by atoms with Crippen LogP contribution in [-0.4, -0.2) is 36.7 Å². The summed E-state index contributed by atoms with van der Waals surface area (Å²) in [6.07, 6.45) is 4.17. The van der Waals surface area contributed by atoms with E-state index >= 15 is 0 Å². The van der Waals surface area contributed by atoms with E-state index in [0.717, 1.165) is 37.8 Å². The Bertz CT molecular complexity index is 477. The molecule has 5 heteroatoms. The Morgan fingerprint density at radius 2 is 1.67 bits per heavy atom. The van der Waals surface area contributed by atoms with Gasteiger partial charge in [0.2, 0.25) is 0 Å². The monoisotopic (exact) mass is 374 g/mol. The van der Waals surface area contributed by atoms with Gasteiger partial charge in [0.15, 0.2) is 0 Å². The summed E-state index contributed by atoms with van der Waals surface area (Å²) < 4.78 is 5.95. The first-order valence-corrected chi connectivity index (χ1v) is 8.75. The number of hydrogen-bond donors (Lipinski definition) is 1. The van der Waals surface area contributed by atoms with Gasteiger partial charge in [-0.2, -0.15) is 0 Å². The molecular formula is C19H32Cl2N2O. The highest BCUT2D eigenvalue weighted by atomic mass is 35.5. The summed E-state index contributed by atoms with van der Waals surface area (Å²) in [5.41, 5.74) is 1.32. The van der Waals surface area contributed by atoms with Crippen molar-refractivity contribution in [2.45, 2.75) is 51.7 Å². The van der Waals surface area contributed by atoms with E-state index in [-0.39, 0.29) is 30.4 Å². The second-order valence-electron chi connectivity index (χ2n) is 7.76. The third-order valence-corrected chi connectivity index (χ3v) is 4.53. The molecule has 1 heterocycles. The molecule has 1 saturated carbocycles. The average molecular weight is 375 g/mol. The minimum atomic E-state index is -0.131. The van der Waals surface area contributed by atoms with Crippen LogP contribution in [0.5, 0.6) is 5.75 Å². The molecule has 138 valence electrons. The van der Waals surface area contributed by atoms with Crippen LogP contribution in [0.3, 0.4) is 0 Å². The Kier molecular flexibility index (Phi) is 8.34. The van der Waals surface area contributed by atoms with E-state index in [9.17, 15) is 0 Å². The van der Waals surface area contributed by atoms with Crippen molar-refractivity contribution in [1.29, 1.82) is 0 Å². The standard InChI is InChI=1S/C19H30N2O.2ClH/c1-19(2,3)22-17-8-6-16(7-9-17)18(14-15-4-5-15)21-12-10-20-11-13-21;;/h6-9,15,18,20H,4-5,10-14H2,1-3H3;2*1H/t18-;;/m1../s1. The fourth-order valence-corrected chi connectivity index (χ4v) is 3.27. The van der Waals surface area contributed by atoms with Crippen LogP contribution in [-0.2, 0) is 0 Å². The lowest BCUT2D eigenvalue weighted by Gasteiger charge is -2.35. The molecule has 1 aromatic rings. The summed E-state index contributed by atoms with van der Waals surface area (Å²) >= 11 is 0. The van der Waals surface area contributed by atoms with Gasteiger partial charge in [-0.15, -0.1) is 24.8 Å². The van der Waals surface area contributed by atoms with Crippen molar-refractivity contribution in [2.75, 3.05) is 26.2 Å². The van der Waals surface area contributed by atoms with E-state index in [2.05, 4.69) is 55.3 Å². The van der Waals surface area contributed by atoms with Crippen LogP contribution in [0, 0.1) is 5.92 Å². The predicted octanol–water partition coefficient (Wildman–Crippen LogP) is 4.45. The van der Waals surface area contributed by atoms with Gasteiger partial charge in [0.25, 0.3) is 0 Å². The molecule has 0 aromatic heterocycles. The van der Waals surface area contributed by atoms with Crippen LogP contribution in [0.1, 0.15) is 51.6 Å². The fraction of sp³-hybridized carbons (Fsp3) is 0.684. The number of hydrogen-bond acceptors (Lipinski definition) is 3. The van der Waals surface area contributed by atoms with Crippen LogP contribution >= 0.6 is 24.8 Å². The zero-order valence-electron chi connectivity index (χ0n) is 15.1. The predicted molar refractivity (Wildman–Crippen MR) is 106 cm³/mol.